The van der Waals surface area contributed by atoms with Crippen LogP contribution in [0.25, 0.3) is 0 Å². The fraction of sp³-hybridized carbons (Fsp3) is 0.222. The Morgan fingerprint density at radius 1 is 1.14 bits per heavy atom. The molecule has 2 rings (SSSR count). The third-order valence-electron chi connectivity index (χ3n) is 3.58. The molecule has 0 bridgehead atoms. The molecule has 0 aliphatic carbocycles. The summed E-state index contributed by atoms with van der Waals surface area (Å²) in [5.41, 5.74) is 0.278. The number of esters is 1. The number of anilines is 1. The average molecular weight is 445 g/mol. The highest BCUT2D eigenvalue weighted by molar-refractivity contribution is 7.89. The first-order chi connectivity index (χ1) is 13.2. The van der Waals surface area contributed by atoms with Gasteiger partial charge in [0.05, 0.1) is 26.2 Å². The lowest BCUT2D eigenvalue weighted by Gasteiger charge is -2.15. The molecule has 0 fully saturated rings. The van der Waals surface area contributed by atoms with Crippen molar-refractivity contribution >= 4 is 50.8 Å². The lowest BCUT2D eigenvalue weighted by atomic mass is 10.2. The van der Waals surface area contributed by atoms with Gasteiger partial charge in [-0.1, -0.05) is 42.3 Å². The number of ether oxygens (including phenoxy) is 1. The van der Waals surface area contributed by atoms with Crippen molar-refractivity contribution in [1.82, 2.24) is 4.72 Å². The van der Waals surface area contributed by atoms with E-state index in [1.54, 1.807) is 25.1 Å². The van der Waals surface area contributed by atoms with Crippen molar-refractivity contribution in [2.45, 2.75) is 24.8 Å². The van der Waals surface area contributed by atoms with Crippen LogP contribution in [0.5, 0.6) is 0 Å². The van der Waals surface area contributed by atoms with E-state index in [-0.39, 0.29) is 32.7 Å². The zero-order chi connectivity index (χ0) is 20.9. The number of hydrogen-bond acceptors (Lipinski definition) is 5. The number of sulfonamides is 1. The lowest BCUT2D eigenvalue weighted by Crippen LogP contribution is -2.30. The number of carbonyl (C=O) groups excluding carboxylic acids is 2. The van der Waals surface area contributed by atoms with Crippen LogP contribution in [0.4, 0.5) is 5.69 Å². The quantitative estimate of drug-likeness (QED) is 0.636. The Kier molecular flexibility index (Phi) is 7.42. The largest absolute Gasteiger partial charge is 0.449 e. The minimum atomic E-state index is -3.72. The van der Waals surface area contributed by atoms with Gasteiger partial charge in [0.1, 0.15) is 0 Å². The minimum absolute atomic E-state index is 0.000541. The summed E-state index contributed by atoms with van der Waals surface area (Å²) in [6, 6.07) is 10.1. The molecule has 2 N–H and O–H groups in total. The van der Waals surface area contributed by atoms with Crippen LogP contribution in [-0.4, -0.2) is 32.9 Å². The summed E-state index contributed by atoms with van der Waals surface area (Å²) in [5.74, 6) is -1.46. The second-order valence-corrected chi connectivity index (χ2v) is 8.22. The van der Waals surface area contributed by atoms with Crippen LogP contribution in [-0.2, 0) is 19.6 Å². The molecule has 1 unspecified atom stereocenters. The monoisotopic (exact) mass is 444 g/mol. The van der Waals surface area contributed by atoms with Gasteiger partial charge < -0.3 is 10.1 Å². The zero-order valence-electron chi connectivity index (χ0n) is 15.0. The first kappa shape index (κ1) is 22.2. The summed E-state index contributed by atoms with van der Waals surface area (Å²) in [4.78, 5) is 24.5. The van der Waals surface area contributed by atoms with Crippen molar-refractivity contribution in [2.24, 2.45) is 0 Å². The van der Waals surface area contributed by atoms with Gasteiger partial charge >= 0.3 is 5.97 Å². The first-order valence-corrected chi connectivity index (χ1v) is 10.4. The van der Waals surface area contributed by atoms with Gasteiger partial charge in [0, 0.05) is 6.54 Å². The highest BCUT2D eigenvalue weighted by atomic mass is 35.5. The second kappa shape index (κ2) is 9.38. The van der Waals surface area contributed by atoms with Crippen LogP contribution >= 0.6 is 23.2 Å². The summed E-state index contributed by atoms with van der Waals surface area (Å²) < 4.78 is 31.6. The maximum Gasteiger partial charge on any atom is 0.338 e. The molecule has 1 atom stereocenters. The van der Waals surface area contributed by atoms with Gasteiger partial charge in [0.15, 0.2) is 6.10 Å². The lowest BCUT2D eigenvalue weighted by molar-refractivity contribution is -0.123. The Bertz CT molecular complexity index is 995. The highest BCUT2D eigenvalue weighted by Crippen LogP contribution is 2.29. The molecule has 0 aliphatic heterocycles. The second-order valence-electron chi connectivity index (χ2n) is 5.67. The SMILES string of the molecule is CCNS(=O)(=O)c1cccc(C(=O)OC(C)C(=O)Nc2cccc(Cl)c2Cl)c1. The van der Waals surface area contributed by atoms with Gasteiger partial charge in [-0.2, -0.15) is 0 Å². The third kappa shape index (κ3) is 5.45. The predicted molar refractivity (Wildman–Crippen MR) is 107 cm³/mol. The molecule has 0 aromatic heterocycles. The summed E-state index contributed by atoms with van der Waals surface area (Å²) >= 11 is 11.9. The number of amides is 1. The van der Waals surface area contributed by atoms with Gasteiger partial charge in [-0.3, -0.25) is 4.79 Å². The number of benzene rings is 2. The van der Waals surface area contributed by atoms with Crippen LogP contribution in [0.3, 0.4) is 0 Å². The number of halogens is 2. The standard InChI is InChI=1S/C18H18Cl2N2O5S/c1-3-21-28(25,26)13-7-4-6-12(10-13)18(24)27-11(2)17(23)22-15-9-5-8-14(19)16(15)20/h4-11,21H,3H2,1-2H3,(H,22,23). The molecule has 0 saturated heterocycles. The number of rotatable bonds is 7. The van der Waals surface area contributed by atoms with E-state index in [0.717, 1.165) is 0 Å². The van der Waals surface area contributed by atoms with E-state index in [4.69, 9.17) is 27.9 Å². The Morgan fingerprint density at radius 3 is 2.50 bits per heavy atom. The molecular formula is C18H18Cl2N2O5S. The molecule has 0 radical (unpaired) electrons. The fourth-order valence-corrected chi connectivity index (χ4v) is 3.61. The minimum Gasteiger partial charge on any atom is -0.449 e. The molecule has 0 spiro atoms. The number of hydrogen-bond donors (Lipinski definition) is 2. The molecule has 2 aromatic rings. The Balaban J connectivity index is 2.10. The molecule has 28 heavy (non-hydrogen) atoms. The average Bonchev–Trinajstić information content (AvgIpc) is 2.65. The predicted octanol–water partition coefficient (Wildman–Crippen LogP) is 3.48. The van der Waals surface area contributed by atoms with Crippen LogP contribution < -0.4 is 10.0 Å². The molecular weight excluding hydrogens is 427 g/mol. The van der Waals surface area contributed by atoms with E-state index in [1.165, 1.54) is 31.2 Å². The van der Waals surface area contributed by atoms with Gasteiger partial charge in [0.25, 0.3) is 5.91 Å². The van der Waals surface area contributed by atoms with Crippen molar-refractivity contribution in [2.75, 3.05) is 11.9 Å². The van der Waals surface area contributed by atoms with Gasteiger partial charge in [-0.15, -0.1) is 0 Å². The molecule has 0 aliphatic rings. The summed E-state index contributed by atoms with van der Waals surface area (Å²) in [6.45, 7) is 3.23. The normalized spacial score (nSPS) is 12.3. The van der Waals surface area contributed by atoms with Crippen LogP contribution in [0, 0.1) is 0 Å². The van der Waals surface area contributed by atoms with Crippen molar-refractivity contribution in [3.63, 3.8) is 0 Å². The van der Waals surface area contributed by atoms with Crippen molar-refractivity contribution in [3.05, 3.63) is 58.1 Å². The Labute approximate surface area is 173 Å². The summed E-state index contributed by atoms with van der Waals surface area (Å²) in [7, 11) is -3.72. The molecule has 0 heterocycles. The molecule has 2 aromatic carbocycles. The van der Waals surface area contributed by atoms with Crippen LogP contribution in [0.15, 0.2) is 47.4 Å². The van der Waals surface area contributed by atoms with Crippen molar-refractivity contribution in [1.29, 1.82) is 0 Å². The molecule has 1 amide bonds. The number of nitrogens with one attached hydrogen (secondary N) is 2. The fourth-order valence-electron chi connectivity index (χ4n) is 2.18. The van der Waals surface area contributed by atoms with Gasteiger partial charge in [-0.05, 0) is 37.3 Å². The summed E-state index contributed by atoms with van der Waals surface area (Å²) in [5, 5.41) is 2.95. The summed E-state index contributed by atoms with van der Waals surface area (Å²) in [6.07, 6.45) is -1.16. The molecule has 7 nitrogen and oxygen atoms in total. The smallest absolute Gasteiger partial charge is 0.338 e. The topological polar surface area (TPSA) is 102 Å². The van der Waals surface area contributed by atoms with Gasteiger partial charge in [-0.25, -0.2) is 17.9 Å². The Morgan fingerprint density at radius 2 is 1.82 bits per heavy atom. The number of carbonyl (C=O) groups is 2. The van der Waals surface area contributed by atoms with Crippen LogP contribution in [0.2, 0.25) is 10.0 Å². The van der Waals surface area contributed by atoms with Crippen molar-refractivity contribution in [3.8, 4) is 0 Å². The van der Waals surface area contributed by atoms with Crippen LogP contribution in [0.1, 0.15) is 24.2 Å². The van der Waals surface area contributed by atoms with E-state index >= 15 is 0 Å². The van der Waals surface area contributed by atoms with E-state index in [9.17, 15) is 18.0 Å². The zero-order valence-corrected chi connectivity index (χ0v) is 17.4. The van der Waals surface area contributed by atoms with Crippen molar-refractivity contribution < 1.29 is 22.7 Å². The van der Waals surface area contributed by atoms with E-state index in [2.05, 4.69) is 10.0 Å². The molecule has 150 valence electrons. The maximum absolute atomic E-state index is 12.3. The highest BCUT2D eigenvalue weighted by Gasteiger charge is 2.22. The maximum atomic E-state index is 12.3. The Hall–Kier alpha value is -2.13. The van der Waals surface area contributed by atoms with E-state index in [1.807, 2.05) is 0 Å². The van der Waals surface area contributed by atoms with E-state index in [0.29, 0.717) is 0 Å². The first-order valence-electron chi connectivity index (χ1n) is 8.21. The molecule has 0 saturated carbocycles. The van der Waals surface area contributed by atoms with E-state index < -0.39 is 28.0 Å². The third-order valence-corrected chi connectivity index (χ3v) is 5.94. The van der Waals surface area contributed by atoms with Gasteiger partial charge in [0.2, 0.25) is 10.0 Å². The molecule has 10 heteroatoms.